The normalized spacial score (nSPS) is 15.8. The summed E-state index contributed by atoms with van der Waals surface area (Å²) in [4.78, 5) is 48.6. The van der Waals surface area contributed by atoms with E-state index in [2.05, 4.69) is 15.2 Å². The Morgan fingerprint density at radius 1 is 1.00 bits per heavy atom. The number of amides is 3. The fourth-order valence-electron chi connectivity index (χ4n) is 5.28. The van der Waals surface area contributed by atoms with Crippen molar-refractivity contribution in [2.75, 3.05) is 71.5 Å². The van der Waals surface area contributed by atoms with Gasteiger partial charge in [0.05, 0.1) is 42.8 Å². The molecule has 0 saturated carbocycles. The van der Waals surface area contributed by atoms with E-state index in [1.54, 1.807) is 15.9 Å². The molecule has 1 aromatic heterocycles. The highest BCUT2D eigenvalue weighted by Gasteiger charge is 2.27. The molecule has 2 aromatic carbocycles. The first-order valence-electron chi connectivity index (χ1n) is 14.2. The van der Waals surface area contributed by atoms with Gasteiger partial charge < -0.3 is 29.2 Å². The standard InChI is InChI=1S/C30H33ClF2N6O5/c1-36-23(21-5-6-24(43-2)27(33)26(21)32)18-34-28(36)29(41)35-19-3-4-20(22(31)17-19)30(42)39-11-9-38(10-12-39)25(40)7-8-37-13-15-44-16-14-37/h3-6,17-18H,7-16H2,1-2H3,(H,35,41). The second kappa shape index (κ2) is 13.7. The van der Waals surface area contributed by atoms with Crippen molar-refractivity contribution in [3.05, 3.63) is 64.6 Å². The lowest BCUT2D eigenvalue weighted by Gasteiger charge is -2.35. The molecular weight excluding hydrogens is 598 g/mol. The van der Waals surface area contributed by atoms with Gasteiger partial charge >= 0.3 is 0 Å². The number of halogens is 3. The fourth-order valence-corrected chi connectivity index (χ4v) is 5.54. The molecular formula is C30H33ClF2N6O5. The number of morpholine rings is 1. The number of rotatable bonds is 8. The molecule has 0 unspecified atom stereocenters. The zero-order valence-corrected chi connectivity index (χ0v) is 25.2. The number of hydrogen-bond acceptors (Lipinski definition) is 7. The number of ether oxygens (including phenoxy) is 2. The van der Waals surface area contributed by atoms with Crippen LogP contribution in [-0.4, -0.2) is 108 Å². The van der Waals surface area contributed by atoms with Crippen LogP contribution >= 0.6 is 11.6 Å². The van der Waals surface area contributed by atoms with E-state index in [0.29, 0.717) is 58.0 Å². The highest BCUT2D eigenvalue weighted by atomic mass is 35.5. The summed E-state index contributed by atoms with van der Waals surface area (Å²) in [5.74, 6) is -3.36. The summed E-state index contributed by atoms with van der Waals surface area (Å²) in [5, 5.41) is 2.82. The van der Waals surface area contributed by atoms with Crippen LogP contribution in [0.25, 0.3) is 11.3 Å². The van der Waals surface area contributed by atoms with Gasteiger partial charge in [-0.05, 0) is 30.3 Å². The SMILES string of the molecule is COc1ccc(-c2cnc(C(=O)Nc3ccc(C(=O)N4CCN(C(=O)CCN5CCOCC5)CC4)c(Cl)c3)n2C)c(F)c1F. The lowest BCUT2D eigenvalue weighted by Crippen LogP contribution is -2.51. The molecule has 14 heteroatoms. The molecule has 0 aliphatic carbocycles. The summed E-state index contributed by atoms with van der Waals surface area (Å²) < 4.78 is 40.4. The Balaban J connectivity index is 1.17. The first kappa shape index (κ1) is 31.4. The monoisotopic (exact) mass is 630 g/mol. The molecule has 44 heavy (non-hydrogen) atoms. The van der Waals surface area contributed by atoms with Crippen LogP contribution in [0.3, 0.4) is 0 Å². The van der Waals surface area contributed by atoms with E-state index in [9.17, 15) is 23.2 Å². The molecule has 0 radical (unpaired) electrons. The number of nitrogens with one attached hydrogen (secondary N) is 1. The van der Waals surface area contributed by atoms with Gasteiger partial charge in [0.15, 0.2) is 17.4 Å². The number of carbonyl (C=O) groups is 3. The molecule has 0 atom stereocenters. The Morgan fingerprint density at radius 2 is 1.70 bits per heavy atom. The molecule has 3 amide bonds. The number of benzene rings is 2. The molecule has 5 rings (SSSR count). The van der Waals surface area contributed by atoms with Crippen molar-refractivity contribution in [3.8, 4) is 17.0 Å². The molecule has 11 nitrogen and oxygen atoms in total. The van der Waals surface area contributed by atoms with Crippen molar-refractivity contribution in [1.29, 1.82) is 0 Å². The number of imidazole rings is 1. The smallest absolute Gasteiger partial charge is 0.291 e. The molecule has 2 aliphatic rings. The highest BCUT2D eigenvalue weighted by Crippen LogP contribution is 2.30. The zero-order chi connectivity index (χ0) is 31.4. The topological polar surface area (TPSA) is 109 Å². The average molecular weight is 631 g/mol. The van der Waals surface area contributed by atoms with Gasteiger partial charge in [0.2, 0.25) is 11.7 Å². The number of piperazine rings is 1. The maximum absolute atomic E-state index is 14.6. The molecule has 2 fully saturated rings. The van der Waals surface area contributed by atoms with Crippen molar-refractivity contribution in [2.45, 2.75) is 6.42 Å². The van der Waals surface area contributed by atoms with Crippen LogP contribution in [0, 0.1) is 11.6 Å². The predicted octanol–water partition coefficient (Wildman–Crippen LogP) is 3.29. The number of methoxy groups -OCH3 is 1. The molecule has 1 N–H and O–H groups in total. The Labute approximate surface area is 258 Å². The fraction of sp³-hybridized carbons (Fsp3) is 0.400. The lowest BCUT2D eigenvalue weighted by atomic mass is 10.1. The van der Waals surface area contributed by atoms with Gasteiger partial charge in [-0.3, -0.25) is 19.3 Å². The van der Waals surface area contributed by atoms with Crippen molar-refractivity contribution < 1.29 is 32.6 Å². The van der Waals surface area contributed by atoms with Crippen LogP contribution in [0.4, 0.5) is 14.5 Å². The van der Waals surface area contributed by atoms with E-state index in [4.69, 9.17) is 21.1 Å². The third kappa shape index (κ3) is 6.69. The minimum atomic E-state index is -1.14. The van der Waals surface area contributed by atoms with Gasteiger partial charge in [0, 0.05) is 70.5 Å². The van der Waals surface area contributed by atoms with E-state index in [1.165, 1.54) is 49.2 Å². The van der Waals surface area contributed by atoms with Crippen molar-refractivity contribution in [1.82, 2.24) is 24.3 Å². The number of carbonyl (C=O) groups excluding carboxylic acids is 3. The predicted molar refractivity (Wildman–Crippen MR) is 159 cm³/mol. The summed E-state index contributed by atoms with van der Waals surface area (Å²) in [6.07, 6.45) is 1.70. The van der Waals surface area contributed by atoms with Gasteiger partial charge in [-0.2, -0.15) is 4.39 Å². The van der Waals surface area contributed by atoms with Gasteiger partial charge in [-0.25, -0.2) is 9.37 Å². The average Bonchev–Trinajstić information content (AvgIpc) is 3.42. The summed E-state index contributed by atoms with van der Waals surface area (Å²) in [6.45, 7) is 5.39. The quantitative estimate of drug-likeness (QED) is 0.407. The third-order valence-corrected chi connectivity index (χ3v) is 8.17. The van der Waals surface area contributed by atoms with Gasteiger partial charge in [0.25, 0.3) is 11.8 Å². The minimum Gasteiger partial charge on any atom is -0.494 e. The number of anilines is 1. The van der Waals surface area contributed by atoms with Crippen LogP contribution in [0.2, 0.25) is 5.02 Å². The van der Waals surface area contributed by atoms with E-state index in [0.717, 1.165) is 13.1 Å². The Hall–Kier alpha value is -4.07. The summed E-state index contributed by atoms with van der Waals surface area (Å²) in [6, 6.07) is 7.17. The Kier molecular flexibility index (Phi) is 9.77. The first-order chi connectivity index (χ1) is 21.2. The van der Waals surface area contributed by atoms with Crippen molar-refractivity contribution in [3.63, 3.8) is 0 Å². The zero-order valence-electron chi connectivity index (χ0n) is 24.4. The third-order valence-electron chi connectivity index (χ3n) is 7.86. The van der Waals surface area contributed by atoms with E-state index in [-0.39, 0.29) is 45.2 Å². The molecule has 3 aromatic rings. The van der Waals surface area contributed by atoms with Crippen LogP contribution in [0.15, 0.2) is 36.5 Å². The van der Waals surface area contributed by atoms with Crippen LogP contribution in [0.1, 0.15) is 27.4 Å². The second-order valence-corrected chi connectivity index (χ2v) is 10.9. The van der Waals surface area contributed by atoms with Gasteiger partial charge in [-0.1, -0.05) is 11.6 Å². The van der Waals surface area contributed by atoms with Crippen LogP contribution < -0.4 is 10.1 Å². The Morgan fingerprint density at radius 3 is 2.39 bits per heavy atom. The van der Waals surface area contributed by atoms with Crippen LogP contribution in [-0.2, 0) is 16.6 Å². The molecule has 0 spiro atoms. The molecule has 3 heterocycles. The van der Waals surface area contributed by atoms with Gasteiger partial charge in [-0.15, -0.1) is 0 Å². The number of aromatic nitrogens is 2. The van der Waals surface area contributed by atoms with Crippen molar-refractivity contribution >= 4 is 35.0 Å². The molecule has 0 bridgehead atoms. The minimum absolute atomic E-state index is 0.0516. The summed E-state index contributed by atoms with van der Waals surface area (Å²) >= 11 is 6.45. The van der Waals surface area contributed by atoms with Crippen LogP contribution in [0.5, 0.6) is 5.75 Å². The Bertz CT molecular complexity index is 1550. The van der Waals surface area contributed by atoms with Gasteiger partial charge in [0.1, 0.15) is 0 Å². The lowest BCUT2D eigenvalue weighted by molar-refractivity contribution is -0.133. The summed E-state index contributed by atoms with van der Waals surface area (Å²) in [7, 11) is 2.74. The number of hydrogen-bond donors (Lipinski definition) is 1. The maximum atomic E-state index is 14.6. The second-order valence-electron chi connectivity index (χ2n) is 10.5. The molecule has 234 valence electrons. The van der Waals surface area contributed by atoms with Crippen molar-refractivity contribution in [2.24, 2.45) is 7.05 Å². The van der Waals surface area contributed by atoms with E-state index < -0.39 is 17.5 Å². The first-order valence-corrected chi connectivity index (χ1v) is 14.6. The van der Waals surface area contributed by atoms with E-state index in [1.807, 2.05) is 0 Å². The summed E-state index contributed by atoms with van der Waals surface area (Å²) in [5.41, 5.74) is 0.694. The van der Waals surface area contributed by atoms with E-state index >= 15 is 0 Å². The molecule has 2 saturated heterocycles. The number of nitrogens with zero attached hydrogens (tertiary/aromatic N) is 5. The largest absolute Gasteiger partial charge is 0.494 e. The highest BCUT2D eigenvalue weighted by molar-refractivity contribution is 6.34. The molecule has 2 aliphatic heterocycles. The maximum Gasteiger partial charge on any atom is 0.291 e.